The minimum atomic E-state index is -0.606. The number of hydrogen-bond donors (Lipinski definition) is 1. The minimum Gasteiger partial charge on any atom is -0.358 e. The summed E-state index contributed by atoms with van der Waals surface area (Å²) in [7, 11) is 0. The van der Waals surface area contributed by atoms with Crippen molar-refractivity contribution >= 4 is 11.7 Å². The van der Waals surface area contributed by atoms with Gasteiger partial charge in [-0.05, 0) is 35.5 Å². The van der Waals surface area contributed by atoms with Crippen LogP contribution in [-0.2, 0) is 16.9 Å². The van der Waals surface area contributed by atoms with Gasteiger partial charge in [-0.1, -0.05) is 25.0 Å². The average molecular weight is 332 g/mol. The van der Waals surface area contributed by atoms with Crippen LogP contribution < -0.4 is 5.32 Å². The van der Waals surface area contributed by atoms with Crippen LogP contribution in [0.15, 0.2) is 36.5 Å². The van der Waals surface area contributed by atoms with Gasteiger partial charge in [-0.25, -0.2) is 4.39 Å². The maximum absolute atomic E-state index is 13.2. The van der Waals surface area contributed by atoms with Crippen LogP contribution >= 0.6 is 0 Å². The van der Waals surface area contributed by atoms with Crippen LogP contribution in [0.25, 0.3) is 0 Å². The van der Waals surface area contributed by atoms with E-state index in [4.69, 9.17) is 0 Å². The molecule has 1 saturated carbocycles. The SMILES string of the molecule is O=C(Cn1ccc([N+](=O)[O-])n1)NC1(c2ccc(F)cc2)CCCC1. The molecule has 1 heterocycles. The number of benzene rings is 1. The zero-order chi connectivity index (χ0) is 17.2. The van der Waals surface area contributed by atoms with Crippen LogP contribution in [0.1, 0.15) is 31.2 Å². The van der Waals surface area contributed by atoms with Gasteiger partial charge in [-0.2, -0.15) is 4.68 Å². The lowest BCUT2D eigenvalue weighted by Crippen LogP contribution is -2.45. The molecule has 0 bridgehead atoms. The van der Waals surface area contributed by atoms with Crippen molar-refractivity contribution in [3.05, 3.63) is 58.0 Å². The number of carbonyl (C=O) groups excluding carboxylic acids is 1. The van der Waals surface area contributed by atoms with E-state index in [9.17, 15) is 19.3 Å². The van der Waals surface area contributed by atoms with E-state index in [1.165, 1.54) is 29.1 Å². The van der Waals surface area contributed by atoms with E-state index < -0.39 is 10.5 Å². The molecule has 1 aromatic carbocycles. The highest BCUT2D eigenvalue weighted by atomic mass is 19.1. The molecule has 0 saturated heterocycles. The Hall–Kier alpha value is -2.77. The maximum atomic E-state index is 13.2. The predicted molar refractivity (Wildman–Crippen MR) is 83.6 cm³/mol. The summed E-state index contributed by atoms with van der Waals surface area (Å²) in [5.41, 5.74) is 0.366. The Labute approximate surface area is 137 Å². The second kappa shape index (κ2) is 6.38. The molecule has 0 unspecified atom stereocenters. The van der Waals surface area contributed by atoms with Gasteiger partial charge in [0.25, 0.3) is 0 Å². The predicted octanol–water partition coefficient (Wildman–Crippen LogP) is 2.52. The second-order valence-corrected chi connectivity index (χ2v) is 5.97. The van der Waals surface area contributed by atoms with E-state index >= 15 is 0 Å². The van der Waals surface area contributed by atoms with Crippen molar-refractivity contribution in [3.8, 4) is 0 Å². The lowest BCUT2D eigenvalue weighted by molar-refractivity contribution is -0.389. The fourth-order valence-corrected chi connectivity index (χ4v) is 3.22. The number of nitrogens with one attached hydrogen (secondary N) is 1. The standard InChI is InChI=1S/C16H17FN4O3/c17-13-5-3-12(4-6-13)16(8-1-2-9-16)18-15(22)11-20-10-7-14(19-20)21(23)24/h3-7,10H,1-2,8-9,11H2,(H,18,22). The first-order valence-corrected chi connectivity index (χ1v) is 7.73. The Balaban J connectivity index is 1.74. The van der Waals surface area contributed by atoms with Gasteiger partial charge in [0.1, 0.15) is 12.4 Å². The van der Waals surface area contributed by atoms with Gasteiger partial charge < -0.3 is 15.4 Å². The van der Waals surface area contributed by atoms with Crippen molar-refractivity contribution in [1.29, 1.82) is 0 Å². The number of rotatable bonds is 5. The van der Waals surface area contributed by atoms with Crippen LogP contribution in [0, 0.1) is 15.9 Å². The summed E-state index contributed by atoms with van der Waals surface area (Å²) in [5, 5.41) is 17.4. The number of nitro groups is 1. The molecule has 1 aliphatic rings. The third-order valence-corrected chi connectivity index (χ3v) is 4.35. The molecule has 1 amide bonds. The van der Waals surface area contributed by atoms with Gasteiger partial charge >= 0.3 is 5.82 Å². The molecule has 1 aliphatic carbocycles. The van der Waals surface area contributed by atoms with Gasteiger partial charge in [-0.15, -0.1) is 0 Å². The Kier molecular flexibility index (Phi) is 4.28. The molecule has 0 radical (unpaired) electrons. The van der Waals surface area contributed by atoms with Crippen molar-refractivity contribution in [2.75, 3.05) is 0 Å². The van der Waals surface area contributed by atoms with Gasteiger partial charge in [0.2, 0.25) is 5.91 Å². The molecule has 3 rings (SSSR count). The third kappa shape index (κ3) is 3.27. The summed E-state index contributed by atoms with van der Waals surface area (Å²) >= 11 is 0. The molecule has 24 heavy (non-hydrogen) atoms. The van der Waals surface area contributed by atoms with Crippen LogP contribution in [0.4, 0.5) is 10.2 Å². The smallest absolute Gasteiger partial charge is 0.358 e. The summed E-state index contributed by atoms with van der Waals surface area (Å²) in [6, 6.07) is 7.41. The van der Waals surface area contributed by atoms with Crippen LogP contribution in [0.3, 0.4) is 0 Å². The van der Waals surface area contributed by atoms with E-state index in [2.05, 4.69) is 10.4 Å². The zero-order valence-electron chi connectivity index (χ0n) is 12.9. The van der Waals surface area contributed by atoms with E-state index in [1.54, 1.807) is 12.1 Å². The Morgan fingerprint density at radius 3 is 2.54 bits per heavy atom. The highest BCUT2D eigenvalue weighted by molar-refractivity contribution is 5.77. The number of carbonyl (C=O) groups is 1. The van der Waals surface area contributed by atoms with Gasteiger partial charge in [0, 0.05) is 0 Å². The quantitative estimate of drug-likeness (QED) is 0.673. The van der Waals surface area contributed by atoms with Crippen molar-refractivity contribution in [2.45, 2.75) is 37.8 Å². The molecule has 0 atom stereocenters. The summed E-state index contributed by atoms with van der Waals surface area (Å²) in [6.07, 6.45) is 4.92. The topological polar surface area (TPSA) is 90.1 Å². The normalized spacial score (nSPS) is 16.0. The molecule has 2 aromatic rings. The molecule has 1 N–H and O–H groups in total. The molecule has 1 fully saturated rings. The fraction of sp³-hybridized carbons (Fsp3) is 0.375. The van der Waals surface area contributed by atoms with Crippen molar-refractivity contribution < 1.29 is 14.1 Å². The number of nitrogens with zero attached hydrogens (tertiary/aromatic N) is 3. The van der Waals surface area contributed by atoms with Crippen LogP contribution in [-0.4, -0.2) is 20.6 Å². The third-order valence-electron chi connectivity index (χ3n) is 4.35. The molecular formula is C16H17FN4O3. The maximum Gasteiger partial charge on any atom is 0.389 e. The number of hydrogen-bond acceptors (Lipinski definition) is 4. The molecule has 0 aliphatic heterocycles. The Morgan fingerprint density at radius 2 is 1.96 bits per heavy atom. The summed E-state index contributed by atoms with van der Waals surface area (Å²) in [5.74, 6) is -0.891. The fourth-order valence-electron chi connectivity index (χ4n) is 3.22. The van der Waals surface area contributed by atoms with Gasteiger partial charge in [-0.3, -0.25) is 4.79 Å². The van der Waals surface area contributed by atoms with Crippen LogP contribution in [0.2, 0.25) is 0 Å². The minimum absolute atomic E-state index is 0.100. The lowest BCUT2D eigenvalue weighted by Gasteiger charge is -2.31. The van der Waals surface area contributed by atoms with E-state index in [0.717, 1.165) is 31.2 Å². The summed E-state index contributed by atoms with van der Waals surface area (Å²) in [6.45, 7) is -0.100. The highest BCUT2D eigenvalue weighted by Gasteiger charge is 2.37. The molecule has 0 spiro atoms. The number of aromatic nitrogens is 2. The number of halogens is 1. The average Bonchev–Trinajstić information content (AvgIpc) is 3.18. The molecule has 7 nitrogen and oxygen atoms in total. The monoisotopic (exact) mass is 332 g/mol. The molecule has 126 valence electrons. The van der Waals surface area contributed by atoms with Crippen LogP contribution in [0.5, 0.6) is 0 Å². The van der Waals surface area contributed by atoms with Gasteiger partial charge in [0.15, 0.2) is 0 Å². The largest absolute Gasteiger partial charge is 0.389 e. The summed E-state index contributed by atoms with van der Waals surface area (Å²) in [4.78, 5) is 22.4. The van der Waals surface area contributed by atoms with Crippen molar-refractivity contribution in [1.82, 2.24) is 15.1 Å². The Morgan fingerprint density at radius 1 is 1.29 bits per heavy atom. The first-order chi connectivity index (χ1) is 11.5. The van der Waals surface area contributed by atoms with Gasteiger partial charge in [0.05, 0.1) is 22.9 Å². The molecule has 8 heteroatoms. The zero-order valence-corrected chi connectivity index (χ0v) is 12.9. The van der Waals surface area contributed by atoms with Crippen molar-refractivity contribution in [3.63, 3.8) is 0 Å². The van der Waals surface area contributed by atoms with E-state index in [0.29, 0.717) is 0 Å². The van der Waals surface area contributed by atoms with Crippen molar-refractivity contribution in [2.24, 2.45) is 0 Å². The molecule has 1 aromatic heterocycles. The van der Waals surface area contributed by atoms with E-state index in [1.807, 2.05) is 0 Å². The first kappa shape index (κ1) is 16.1. The molecular weight excluding hydrogens is 315 g/mol. The highest BCUT2D eigenvalue weighted by Crippen LogP contribution is 2.38. The lowest BCUT2D eigenvalue weighted by atomic mass is 9.88. The van der Waals surface area contributed by atoms with E-state index in [-0.39, 0.29) is 24.1 Å². The second-order valence-electron chi connectivity index (χ2n) is 5.97. The number of amides is 1. The summed E-state index contributed by atoms with van der Waals surface area (Å²) < 4.78 is 14.4. The Bertz CT molecular complexity index is 751. The first-order valence-electron chi connectivity index (χ1n) is 7.73.